The summed E-state index contributed by atoms with van der Waals surface area (Å²) in [4.78, 5) is 2.04. The first-order valence-corrected chi connectivity index (χ1v) is 6.46. The predicted octanol–water partition coefficient (Wildman–Crippen LogP) is 2.26. The van der Waals surface area contributed by atoms with Gasteiger partial charge in [0.05, 0.1) is 24.1 Å². The Bertz CT molecular complexity index is 367. The summed E-state index contributed by atoms with van der Waals surface area (Å²) in [5.41, 5.74) is 7.72. The lowest BCUT2D eigenvalue weighted by atomic mass is 10.2. The van der Waals surface area contributed by atoms with E-state index in [1.807, 2.05) is 30.1 Å². The standard InChI is InChI=1S/C14H24N2O2/c1-4-10-18-13-7-5-6-12(14(13)15)16(3)9-8-11(2)17/h5-7,11,17H,4,8-10,15H2,1-3H3. The fourth-order valence-electron chi connectivity index (χ4n) is 1.70. The molecule has 0 aliphatic carbocycles. The van der Waals surface area contributed by atoms with Gasteiger partial charge in [-0.15, -0.1) is 0 Å². The molecule has 4 nitrogen and oxygen atoms in total. The number of hydrogen-bond donors (Lipinski definition) is 2. The molecule has 0 aliphatic heterocycles. The number of nitrogens with zero attached hydrogens (tertiary/aromatic N) is 1. The Labute approximate surface area is 109 Å². The number of nitrogen functional groups attached to an aromatic ring is 1. The highest BCUT2D eigenvalue weighted by atomic mass is 16.5. The molecule has 0 fully saturated rings. The number of para-hydroxylation sites is 1. The summed E-state index contributed by atoms with van der Waals surface area (Å²) in [6.07, 6.45) is 1.38. The highest BCUT2D eigenvalue weighted by molar-refractivity contribution is 5.73. The number of hydrogen-bond acceptors (Lipinski definition) is 4. The largest absolute Gasteiger partial charge is 0.491 e. The minimum Gasteiger partial charge on any atom is -0.491 e. The smallest absolute Gasteiger partial charge is 0.144 e. The number of aliphatic hydroxyl groups is 1. The van der Waals surface area contributed by atoms with Crippen LogP contribution in [0.25, 0.3) is 0 Å². The maximum Gasteiger partial charge on any atom is 0.144 e. The normalized spacial score (nSPS) is 12.2. The van der Waals surface area contributed by atoms with E-state index in [1.54, 1.807) is 6.92 Å². The Hall–Kier alpha value is -1.42. The average Bonchev–Trinajstić information content (AvgIpc) is 2.34. The molecular weight excluding hydrogens is 228 g/mol. The van der Waals surface area contributed by atoms with Gasteiger partial charge in [0.15, 0.2) is 0 Å². The second-order valence-corrected chi connectivity index (χ2v) is 4.60. The van der Waals surface area contributed by atoms with Gasteiger partial charge in [-0.25, -0.2) is 0 Å². The molecule has 1 unspecified atom stereocenters. The molecule has 1 rings (SSSR count). The van der Waals surface area contributed by atoms with Crippen LogP contribution in [0.2, 0.25) is 0 Å². The van der Waals surface area contributed by atoms with Gasteiger partial charge in [0.1, 0.15) is 5.75 Å². The van der Waals surface area contributed by atoms with E-state index in [0.29, 0.717) is 12.3 Å². The summed E-state index contributed by atoms with van der Waals surface area (Å²) in [6, 6.07) is 5.79. The second-order valence-electron chi connectivity index (χ2n) is 4.60. The van der Waals surface area contributed by atoms with E-state index in [-0.39, 0.29) is 6.10 Å². The Morgan fingerprint density at radius 1 is 1.44 bits per heavy atom. The van der Waals surface area contributed by atoms with Crippen LogP contribution in [0.1, 0.15) is 26.7 Å². The SMILES string of the molecule is CCCOc1cccc(N(C)CCC(C)O)c1N. The molecule has 0 heterocycles. The summed E-state index contributed by atoms with van der Waals surface area (Å²) in [7, 11) is 1.97. The van der Waals surface area contributed by atoms with E-state index in [4.69, 9.17) is 10.5 Å². The molecule has 4 heteroatoms. The van der Waals surface area contributed by atoms with Gasteiger partial charge in [0.2, 0.25) is 0 Å². The van der Waals surface area contributed by atoms with Crippen molar-refractivity contribution in [2.45, 2.75) is 32.8 Å². The monoisotopic (exact) mass is 252 g/mol. The fourth-order valence-corrected chi connectivity index (χ4v) is 1.70. The van der Waals surface area contributed by atoms with Gasteiger partial charge in [-0.2, -0.15) is 0 Å². The van der Waals surface area contributed by atoms with E-state index in [2.05, 4.69) is 6.92 Å². The minimum absolute atomic E-state index is 0.298. The zero-order chi connectivity index (χ0) is 13.5. The summed E-state index contributed by atoms with van der Waals surface area (Å²) in [5.74, 6) is 0.734. The van der Waals surface area contributed by atoms with Crippen molar-refractivity contribution >= 4 is 11.4 Å². The summed E-state index contributed by atoms with van der Waals surface area (Å²) in [6.45, 7) is 5.29. The van der Waals surface area contributed by atoms with Gasteiger partial charge in [-0.05, 0) is 31.9 Å². The molecule has 1 atom stereocenters. The first-order valence-electron chi connectivity index (χ1n) is 6.46. The van der Waals surface area contributed by atoms with Crippen LogP contribution in [0.3, 0.4) is 0 Å². The molecule has 0 aliphatic rings. The highest BCUT2D eigenvalue weighted by Gasteiger charge is 2.10. The Morgan fingerprint density at radius 3 is 2.78 bits per heavy atom. The fraction of sp³-hybridized carbons (Fsp3) is 0.571. The van der Waals surface area contributed by atoms with Crippen molar-refractivity contribution in [1.29, 1.82) is 0 Å². The average molecular weight is 252 g/mol. The van der Waals surface area contributed by atoms with Crippen molar-refractivity contribution in [3.05, 3.63) is 18.2 Å². The van der Waals surface area contributed by atoms with Gasteiger partial charge >= 0.3 is 0 Å². The second kappa shape index (κ2) is 7.11. The molecule has 18 heavy (non-hydrogen) atoms. The molecule has 1 aromatic rings. The maximum absolute atomic E-state index is 9.31. The molecule has 102 valence electrons. The first-order chi connectivity index (χ1) is 8.56. The molecule has 0 amide bonds. The third-order valence-electron chi connectivity index (χ3n) is 2.80. The summed E-state index contributed by atoms with van der Waals surface area (Å²) < 4.78 is 5.60. The van der Waals surface area contributed by atoms with Gasteiger partial charge in [-0.3, -0.25) is 0 Å². The topological polar surface area (TPSA) is 58.7 Å². The van der Waals surface area contributed by atoms with Crippen molar-refractivity contribution in [3.8, 4) is 5.75 Å². The molecule has 0 radical (unpaired) electrons. The zero-order valence-electron chi connectivity index (χ0n) is 11.5. The van der Waals surface area contributed by atoms with Crippen LogP contribution in [-0.2, 0) is 0 Å². The number of anilines is 2. The zero-order valence-corrected chi connectivity index (χ0v) is 11.5. The number of benzene rings is 1. The van der Waals surface area contributed by atoms with Crippen LogP contribution in [0.15, 0.2) is 18.2 Å². The Morgan fingerprint density at radius 2 is 2.17 bits per heavy atom. The molecule has 0 saturated carbocycles. The van der Waals surface area contributed by atoms with Crippen molar-refractivity contribution in [2.75, 3.05) is 30.8 Å². The van der Waals surface area contributed by atoms with Crippen molar-refractivity contribution < 1.29 is 9.84 Å². The number of ether oxygens (including phenoxy) is 1. The summed E-state index contributed by atoms with van der Waals surface area (Å²) >= 11 is 0. The lowest BCUT2D eigenvalue weighted by molar-refractivity contribution is 0.187. The Balaban J connectivity index is 2.75. The molecular formula is C14H24N2O2. The number of nitrogens with two attached hydrogens (primary N) is 1. The van der Waals surface area contributed by atoms with Crippen LogP contribution in [-0.4, -0.2) is 31.4 Å². The third-order valence-corrected chi connectivity index (χ3v) is 2.80. The molecule has 3 N–H and O–H groups in total. The van der Waals surface area contributed by atoms with E-state index < -0.39 is 0 Å². The Kier molecular flexibility index (Phi) is 5.78. The van der Waals surface area contributed by atoms with E-state index in [0.717, 1.165) is 30.8 Å². The molecule has 0 saturated heterocycles. The maximum atomic E-state index is 9.31. The third kappa shape index (κ3) is 4.11. The molecule has 0 spiro atoms. The van der Waals surface area contributed by atoms with Gasteiger partial charge in [0, 0.05) is 13.6 Å². The number of aliphatic hydroxyl groups excluding tert-OH is 1. The van der Waals surface area contributed by atoms with Crippen molar-refractivity contribution in [2.24, 2.45) is 0 Å². The molecule has 0 aromatic heterocycles. The summed E-state index contributed by atoms with van der Waals surface area (Å²) in [5, 5.41) is 9.31. The van der Waals surface area contributed by atoms with Crippen LogP contribution in [0.4, 0.5) is 11.4 Å². The van der Waals surface area contributed by atoms with Crippen LogP contribution in [0, 0.1) is 0 Å². The highest BCUT2D eigenvalue weighted by Crippen LogP contribution is 2.31. The minimum atomic E-state index is -0.298. The van der Waals surface area contributed by atoms with Crippen LogP contribution < -0.4 is 15.4 Å². The van der Waals surface area contributed by atoms with E-state index in [9.17, 15) is 5.11 Å². The molecule has 0 bridgehead atoms. The van der Waals surface area contributed by atoms with Gasteiger partial charge < -0.3 is 20.5 Å². The van der Waals surface area contributed by atoms with E-state index in [1.165, 1.54) is 0 Å². The van der Waals surface area contributed by atoms with Crippen LogP contribution in [0.5, 0.6) is 5.75 Å². The van der Waals surface area contributed by atoms with Crippen molar-refractivity contribution in [1.82, 2.24) is 0 Å². The first kappa shape index (κ1) is 14.6. The van der Waals surface area contributed by atoms with Crippen LogP contribution >= 0.6 is 0 Å². The lowest BCUT2D eigenvalue weighted by Gasteiger charge is -2.23. The predicted molar refractivity (Wildman–Crippen MR) is 76.2 cm³/mol. The van der Waals surface area contributed by atoms with Gasteiger partial charge in [0.25, 0.3) is 0 Å². The van der Waals surface area contributed by atoms with Crippen molar-refractivity contribution in [3.63, 3.8) is 0 Å². The van der Waals surface area contributed by atoms with E-state index >= 15 is 0 Å². The van der Waals surface area contributed by atoms with Gasteiger partial charge in [-0.1, -0.05) is 13.0 Å². The number of rotatable bonds is 7. The quantitative estimate of drug-likeness (QED) is 0.731. The molecule has 1 aromatic carbocycles. The lowest BCUT2D eigenvalue weighted by Crippen LogP contribution is -2.22.